The first-order valence-corrected chi connectivity index (χ1v) is 17.7. The number of nitrogens with zero attached hydrogens (tertiary/aromatic N) is 2. The molecule has 0 N–H and O–H groups in total. The molecule has 1 aromatic carbocycles. The van der Waals surface area contributed by atoms with Gasteiger partial charge in [-0.2, -0.15) is 0 Å². The van der Waals surface area contributed by atoms with Crippen LogP contribution >= 0.6 is 10.7 Å². The predicted molar refractivity (Wildman–Crippen MR) is 126 cm³/mol. The average molecular weight is 443 g/mol. The van der Waals surface area contributed by atoms with Gasteiger partial charge >= 0.3 is 0 Å². The Morgan fingerprint density at radius 2 is 1.48 bits per heavy atom. The molecule has 0 radical (unpaired) electrons. The third-order valence-electron chi connectivity index (χ3n) is 6.57. The van der Waals surface area contributed by atoms with Crippen molar-refractivity contribution in [2.75, 3.05) is 0 Å². The van der Waals surface area contributed by atoms with Gasteiger partial charge in [-0.25, -0.2) is 4.21 Å². The van der Waals surface area contributed by atoms with Gasteiger partial charge in [0.25, 0.3) is 0 Å². The number of halogens is 1. The van der Waals surface area contributed by atoms with Gasteiger partial charge in [-0.3, -0.25) is 4.03 Å². The fourth-order valence-corrected chi connectivity index (χ4v) is 11.2. The highest BCUT2D eigenvalue weighted by Crippen LogP contribution is 2.43. The zero-order valence-electron chi connectivity index (χ0n) is 18.5. The minimum absolute atomic E-state index is 0.0116. The summed E-state index contributed by atoms with van der Waals surface area (Å²) < 4.78 is 20.9. The van der Waals surface area contributed by atoms with E-state index in [1.54, 1.807) is 0 Å². The van der Waals surface area contributed by atoms with E-state index < -0.39 is 25.4 Å². The molecule has 1 atom stereocenters. The number of aromatic nitrogens is 1. The van der Waals surface area contributed by atoms with E-state index >= 15 is 0 Å². The Bertz CT molecular complexity index is 972. The van der Waals surface area contributed by atoms with E-state index in [-0.39, 0.29) is 10.1 Å². The normalized spacial score (nSPS) is 16.4. The minimum Gasteiger partial charge on any atom is -0.373 e. The molecule has 0 aliphatic rings. The summed E-state index contributed by atoms with van der Waals surface area (Å²) in [5.74, 6) is 0. The summed E-state index contributed by atoms with van der Waals surface area (Å²) >= 11 is 0. The van der Waals surface area contributed by atoms with Crippen LogP contribution in [0.1, 0.15) is 41.5 Å². The summed E-state index contributed by atoms with van der Waals surface area (Å²) in [4.78, 5) is 0.675. The van der Waals surface area contributed by atoms with E-state index in [9.17, 15) is 4.21 Å². The topological polar surface area (TPSA) is 34.4 Å². The third kappa shape index (κ3) is 4.09. The van der Waals surface area contributed by atoms with Crippen LogP contribution in [0.5, 0.6) is 0 Å². The molecule has 152 valence electrons. The number of fused-ring (bicyclic) bond motifs is 1. The number of para-hydroxylation sites is 1. The van der Waals surface area contributed by atoms with Crippen LogP contribution in [-0.4, -0.2) is 24.9 Å². The summed E-state index contributed by atoms with van der Waals surface area (Å²) in [6, 6.07) is 8.16. The van der Waals surface area contributed by atoms with Crippen LogP contribution in [0.3, 0.4) is 0 Å². The fourth-order valence-electron chi connectivity index (χ4n) is 2.65. The van der Waals surface area contributed by atoms with Gasteiger partial charge < -0.3 is 4.23 Å². The Labute approximate surface area is 172 Å². The Balaban J connectivity index is 2.85. The molecule has 0 aliphatic heterocycles. The Morgan fingerprint density at radius 1 is 0.963 bits per heavy atom. The number of hydrogen-bond donors (Lipinski definition) is 0. The second-order valence-corrected chi connectivity index (χ2v) is 23.6. The molecular weight excluding hydrogens is 408 g/mol. The molecule has 7 heteroatoms. The van der Waals surface area contributed by atoms with E-state index in [4.69, 9.17) is 14.7 Å². The van der Waals surface area contributed by atoms with Gasteiger partial charge in [0.2, 0.25) is 0 Å². The van der Waals surface area contributed by atoms with Crippen LogP contribution in [0.4, 0.5) is 0 Å². The second-order valence-electron chi connectivity index (χ2n) is 10.5. The molecule has 3 nitrogen and oxygen atoms in total. The van der Waals surface area contributed by atoms with Gasteiger partial charge in [0, 0.05) is 27.8 Å². The molecular formula is C20H35ClN2OSSi2. The molecule has 2 aromatic rings. The molecule has 1 heterocycles. The van der Waals surface area contributed by atoms with Crippen molar-refractivity contribution in [2.45, 2.75) is 82.7 Å². The predicted octanol–water partition coefficient (Wildman–Crippen LogP) is 7.48. The van der Waals surface area contributed by atoms with Crippen LogP contribution in [0.15, 0.2) is 39.4 Å². The molecule has 0 amide bonds. The number of hydrogen-bond acceptors (Lipinski definition) is 2. The van der Waals surface area contributed by atoms with Crippen molar-refractivity contribution in [2.24, 2.45) is 4.03 Å². The average Bonchev–Trinajstić information content (AvgIpc) is 2.84. The summed E-state index contributed by atoms with van der Waals surface area (Å²) in [5.41, 5.74) is 1.11. The quantitative estimate of drug-likeness (QED) is 0.358. The maximum absolute atomic E-state index is 13.7. The largest absolute Gasteiger partial charge is 0.373 e. The molecule has 0 bridgehead atoms. The van der Waals surface area contributed by atoms with Gasteiger partial charge in [0.1, 0.15) is 0 Å². The lowest BCUT2D eigenvalue weighted by Gasteiger charge is -2.38. The Hall–Kier alpha value is -0.566. The molecule has 2 rings (SSSR count). The molecule has 0 saturated heterocycles. The maximum Gasteiger partial charge on any atom is 0.194 e. The first kappa shape index (κ1) is 22.7. The highest BCUT2D eigenvalue weighted by molar-refractivity contribution is 8.16. The summed E-state index contributed by atoms with van der Waals surface area (Å²) in [7, 11) is -0.356. The molecule has 1 aromatic heterocycles. The van der Waals surface area contributed by atoms with E-state index in [0.717, 1.165) is 10.9 Å². The van der Waals surface area contributed by atoms with Crippen molar-refractivity contribution in [3.63, 3.8) is 0 Å². The van der Waals surface area contributed by atoms with Gasteiger partial charge in [-0.1, -0.05) is 72.8 Å². The van der Waals surface area contributed by atoms with E-state index in [1.807, 2.05) is 24.4 Å². The lowest BCUT2D eigenvalue weighted by molar-refractivity contribution is 0.683. The lowest BCUT2D eigenvalue weighted by Crippen LogP contribution is -2.44. The second kappa shape index (κ2) is 6.75. The van der Waals surface area contributed by atoms with E-state index in [0.29, 0.717) is 4.90 Å². The lowest BCUT2D eigenvalue weighted by atomic mass is 10.2. The van der Waals surface area contributed by atoms with Crippen LogP contribution in [0, 0.1) is 0 Å². The smallest absolute Gasteiger partial charge is 0.194 e. The highest BCUT2D eigenvalue weighted by atomic mass is 35.7. The summed E-state index contributed by atoms with van der Waals surface area (Å²) in [6.45, 7) is 22.3. The van der Waals surface area contributed by atoms with E-state index in [2.05, 4.69) is 78.0 Å². The zero-order valence-corrected chi connectivity index (χ0v) is 22.0. The van der Waals surface area contributed by atoms with Crippen LogP contribution in [-0.2, 0) is 8.94 Å². The van der Waals surface area contributed by atoms with Gasteiger partial charge in [0.05, 0.1) is 4.90 Å². The molecule has 1 unspecified atom stereocenters. The highest BCUT2D eigenvalue weighted by Gasteiger charge is 2.41. The fraction of sp³-hybridized carbons (Fsp3) is 0.600. The first-order chi connectivity index (χ1) is 11.9. The summed E-state index contributed by atoms with van der Waals surface area (Å²) in [6.07, 6.45) is 2.04. The SMILES string of the molecule is CC(C)(C)[Si](C)(C)N=S(=O)(Cl)c1cn([Si](C)(C)C(C)(C)C)c2ccccc12. The monoisotopic (exact) mass is 442 g/mol. The first-order valence-electron chi connectivity index (χ1n) is 9.50. The standard InChI is InChI=1S/C20H35ClN2OSSi2/c1-19(2,3)26(7,8)22-25(21,24)18-15-23(27(9,10)20(4,5)6)17-14-12-11-13-16(17)18/h11-15H,1-10H3. The van der Waals surface area contributed by atoms with Gasteiger partial charge in [-0.05, 0) is 29.2 Å². The Morgan fingerprint density at radius 3 is 1.96 bits per heavy atom. The third-order valence-corrected chi connectivity index (χ3v) is 20.2. The molecule has 0 spiro atoms. The molecule has 0 saturated carbocycles. The van der Waals surface area contributed by atoms with Gasteiger partial charge in [-0.15, -0.1) is 0 Å². The van der Waals surface area contributed by atoms with Crippen LogP contribution in [0.25, 0.3) is 10.9 Å². The minimum atomic E-state index is -3.00. The number of benzene rings is 1. The van der Waals surface area contributed by atoms with Crippen molar-refractivity contribution < 1.29 is 4.21 Å². The van der Waals surface area contributed by atoms with Gasteiger partial charge in [0.15, 0.2) is 25.4 Å². The van der Waals surface area contributed by atoms with E-state index in [1.165, 1.54) is 0 Å². The summed E-state index contributed by atoms with van der Waals surface area (Å²) in [5, 5.41) is 1.10. The van der Waals surface area contributed by atoms with Crippen molar-refractivity contribution in [1.82, 2.24) is 4.23 Å². The van der Waals surface area contributed by atoms with Crippen molar-refractivity contribution in [3.05, 3.63) is 30.5 Å². The maximum atomic E-state index is 13.7. The molecule has 27 heavy (non-hydrogen) atoms. The van der Waals surface area contributed by atoms with Crippen LogP contribution < -0.4 is 0 Å². The molecule has 0 fully saturated rings. The zero-order chi connectivity index (χ0) is 21.1. The Kier molecular flexibility index (Phi) is 5.68. The number of rotatable bonds is 3. The van der Waals surface area contributed by atoms with Crippen LogP contribution in [0.2, 0.25) is 36.3 Å². The molecule has 0 aliphatic carbocycles. The van der Waals surface area contributed by atoms with Crippen molar-refractivity contribution in [3.8, 4) is 0 Å². The van der Waals surface area contributed by atoms with Crippen molar-refractivity contribution in [1.29, 1.82) is 0 Å². The van der Waals surface area contributed by atoms with Crippen molar-refractivity contribution >= 4 is 47.0 Å².